The lowest BCUT2D eigenvalue weighted by atomic mass is 10.1. The zero-order valence-corrected chi connectivity index (χ0v) is 7.35. The summed E-state index contributed by atoms with van der Waals surface area (Å²) >= 11 is 0. The molecule has 0 aromatic carbocycles. The SMILES string of the molecule is CC(C)C(=O)CCOCC(F)F. The van der Waals surface area contributed by atoms with E-state index in [2.05, 4.69) is 4.74 Å². The van der Waals surface area contributed by atoms with Crippen LogP contribution in [0.1, 0.15) is 20.3 Å². The van der Waals surface area contributed by atoms with Crippen LogP contribution in [0.2, 0.25) is 0 Å². The molecule has 0 aromatic rings. The van der Waals surface area contributed by atoms with E-state index in [-0.39, 0.29) is 24.7 Å². The summed E-state index contributed by atoms with van der Waals surface area (Å²) in [4.78, 5) is 10.9. The average Bonchev–Trinajstić information content (AvgIpc) is 1.97. The average molecular weight is 180 g/mol. The predicted octanol–water partition coefficient (Wildman–Crippen LogP) is 1.88. The maximum absolute atomic E-state index is 11.5. The van der Waals surface area contributed by atoms with Crippen LogP contribution < -0.4 is 0 Å². The van der Waals surface area contributed by atoms with Crippen LogP contribution in [-0.2, 0) is 9.53 Å². The molecule has 0 saturated carbocycles. The molecule has 0 aliphatic heterocycles. The maximum atomic E-state index is 11.5. The molecule has 0 unspecified atom stereocenters. The molecule has 0 N–H and O–H groups in total. The molecular formula is C8H14F2O2. The van der Waals surface area contributed by atoms with Gasteiger partial charge in [0.2, 0.25) is 0 Å². The van der Waals surface area contributed by atoms with Crippen molar-refractivity contribution < 1.29 is 18.3 Å². The van der Waals surface area contributed by atoms with Crippen molar-refractivity contribution in [3.05, 3.63) is 0 Å². The van der Waals surface area contributed by atoms with E-state index in [9.17, 15) is 13.6 Å². The summed E-state index contributed by atoms with van der Waals surface area (Å²) in [6, 6.07) is 0. The molecule has 72 valence electrons. The number of ether oxygens (including phenoxy) is 1. The van der Waals surface area contributed by atoms with Gasteiger partial charge < -0.3 is 4.74 Å². The first-order chi connectivity index (χ1) is 5.54. The Hall–Kier alpha value is -0.510. The minimum absolute atomic E-state index is 0.0415. The van der Waals surface area contributed by atoms with Crippen LogP contribution in [0.3, 0.4) is 0 Å². The lowest BCUT2D eigenvalue weighted by Crippen LogP contribution is -2.12. The molecule has 0 atom stereocenters. The second kappa shape index (κ2) is 6.06. The topological polar surface area (TPSA) is 26.3 Å². The van der Waals surface area contributed by atoms with Crippen LogP contribution in [0.25, 0.3) is 0 Å². The molecule has 0 amide bonds. The van der Waals surface area contributed by atoms with Crippen molar-refractivity contribution in [1.82, 2.24) is 0 Å². The number of ketones is 1. The van der Waals surface area contributed by atoms with Crippen molar-refractivity contribution in [3.63, 3.8) is 0 Å². The van der Waals surface area contributed by atoms with Gasteiger partial charge in [-0.15, -0.1) is 0 Å². The monoisotopic (exact) mass is 180 g/mol. The highest BCUT2D eigenvalue weighted by molar-refractivity contribution is 5.80. The first-order valence-corrected chi connectivity index (χ1v) is 3.92. The van der Waals surface area contributed by atoms with Gasteiger partial charge in [-0.3, -0.25) is 4.79 Å². The lowest BCUT2D eigenvalue weighted by molar-refractivity contribution is -0.123. The van der Waals surface area contributed by atoms with Gasteiger partial charge in [-0.1, -0.05) is 13.8 Å². The van der Waals surface area contributed by atoms with Gasteiger partial charge in [-0.2, -0.15) is 0 Å². The van der Waals surface area contributed by atoms with Crippen molar-refractivity contribution in [2.75, 3.05) is 13.2 Å². The van der Waals surface area contributed by atoms with Crippen LogP contribution in [0, 0.1) is 5.92 Å². The molecule has 0 bridgehead atoms. The summed E-state index contributed by atoms with van der Waals surface area (Å²) in [5.74, 6) is 0.00409. The molecule has 0 saturated heterocycles. The number of hydrogen-bond donors (Lipinski definition) is 0. The van der Waals surface area contributed by atoms with E-state index in [1.54, 1.807) is 13.8 Å². The number of carbonyl (C=O) groups excluding carboxylic acids is 1. The zero-order chi connectivity index (χ0) is 9.56. The molecule has 12 heavy (non-hydrogen) atoms. The third kappa shape index (κ3) is 6.22. The molecule has 0 heterocycles. The highest BCUT2D eigenvalue weighted by Gasteiger charge is 2.07. The maximum Gasteiger partial charge on any atom is 0.261 e. The van der Waals surface area contributed by atoms with E-state index in [1.165, 1.54) is 0 Å². The first kappa shape index (κ1) is 11.5. The molecule has 0 rings (SSSR count). The van der Waals surface area contributed by atoms with Gasteiger partial charge in [-0.05, 0) is 0 Å². The fourth-order valence-corrected chi connectivity index (χ4v) is 0.634. The van der Waals surface area contributed by atoms with Gasteiger partial charge in [-0.25, -0.2) is 8.78 Å². The van der Waals surface area contributed by atoms with Gasteiger partial charge in [0, 0.05) is 12.3 Å². The Morgan fingerprint density at radius 3 is 2.42 bits per heavy atom. The summed E-state index contributed by atoms with van der Waals surface area (Å²) in [7, 11) is 0. The number of rotatable bonds is 6. The summed E-state index contributed by atoms with van der Waals surface area (Å²) in [5.41, 5.74) is 0. The van der Waals surface area contributed by atoms with Crippen molar-refractivity contribution in [3.8, 4) is 0 Å². The summed E-state index contributed by atoms with van der Waals surface area (Å²) in [6.07, 6.45) is -2.22. The molecule has 0 aliphatic carbocycles. The van der Waals surface area contributed by atoms with E-state index >= 15 is 0 Å². The quantitative estimate of drug-likeness (QED) is 0.583. The Bertz CT molecular complexity index is 135. The van der Waals surface area contributed by atoms with Crippen LogP contribution in [-0.4, -0.2) is 25.4 Å². The normalized spacial score (nSPS) is 11.2. The molecule has 2 nitrogen and oxygen atoms in total. The third-order valence-electron chi connectivity index (χ3n) is 1.38. The zero-order valence-electron chi connectivity index (χ0n) is 7.35. The summed E-state index contributed by atoms with van der Waals surface area (Å²) in [5, 5.41) is 0. The van der Waals surface area contributed by atoms with E-state index in [1.807, 2.05) is 0 Å². The Morgan fingerprint density at radius 2 is 2.00 bits per heavy atom. The van der Waals surface area contributed by atoms with Gasteiger partial charge in [0.25, 0.3) is 6.43 Å². The van der Waals surface area contributed by atoms with Crippen molar-refractivity contribution in [2.45, 2.75) is 26.7 Å². The first-order valence-electron chi connectivity index (χ1n) is 3.92. The minimum atomic E-state index is -2.45. The van der Waals surface area contributed by atoms with Crippen molar-refractivity contribution in [2.24, 2.45) is 5.92 Å². The number of alkyl halides is 2. The fraction of sp³-hybridized carbons (Fsp3) is 0.875. The Balaban J connectivity index is 3.26. The number of carbonyl (C=O) groups is 1. The third-order valence-corrected chi connectivity index (χ3v) is 1.38. The Kier molecular flexibility index (Phi) is 5.80. The summed E-state index contributed by atoms with van der Waals surface area (Å²) in [6.45, 7) is 3.07. The minimum Gasteiger partial charge on any atom is -0.375 e. The van der Waals surface area contributed by atoms with Crippen molar-refractivity contribution in [1.29, 1.82) is 0 Å². The lowest BCUT2D eigenvalue weighted by Gasteiger charge is -2.04. The van der Waals surface area contributed by atoms with Gasteiger partial charge in [0.15, 0.2) is 0 Å². The fourth-order valence-electron chi connectivity index (χ4n) is 0.634. The highest BCUT2D eigenvalue weighted by Crippen LogP contribution is 1.99. The van der Waals surface area contributed by atoms with Gasteiger partial charge in [0.05, 0.1) is 6.61 Å². The van der Waals surface area contributed by atoms with Crippen LogP contribution in [0.15, 0.2) is 0 Å². The van der Waals surface area contributed by atoms with Crippen LogP contribution in [0.4, 0.5) is 8.78 Å². The molecule has 0 radical (unpaired) electrons. The second-order valence-electron chi connectivity index (χ2n) is 2.84. The molecule has 0 aliphatic rings. The van der Waals surface area contributed by atoms with E-state index in [0.717, 1.165) is 0 Å². The smallest absolute Gasteiger partial charge is 0.261 e. The van der Waals surface area contributed by atoms with Gasteiger partial charge in [0.1, 0.15) is 12.4 Å². The molecular weight excluding hydrogens is 166 g/mol. The molecule has 0 spiro atoms. The number of hydrogen-bond acceptors (Lipinski definition) is 2. The Morgan fingerprint density at radius 1 is 1.42 bits per heavy atom. The molecule has 0 fully saturated rings. The molecule has 4 heteroatoms. The molecule has 0 aromatic heterocycles. The summed E-state index contributed by atoms with van der Waals surface area (Å²) < 4.78 is 27.6. The predicted molar refractivity (Wildman–Crippen MR) is 41.3 cm³/mol. The van der Waals surface area contributed by atoms with E-state index < -0.39 is 13.0 Å². The number of halogens is 2. The van der Waals surface area contributed by atoms with Crippen molar-refractivity contribution >= 4 is 5.78 Å². The van der Waals surface area contributed by atoms with Crippen LogP contribution >= 0.6 is 0 Å². The highest BCUT2D eigenvalue weighted by atomic mass is 19.3. The standard InChI is InChI=1S/C8H14F2O2/c1-6(2)7(11)3-4-12-5-8(9)10/h6,8H,3-5H2,1-2H3. The Labute approximate surface area is 70.9 Å². The number of Topliss-reactive ketones (excluding diaryl/α,β-unsaturated/α-hetero) is 1. The van der Waals surface area contributed by atoms with E-state index in [4.69, 9.17) is 0 Å². The van der Waals surface area contributed by atoms with E-state index in [0.29, 0.717) is 0 Å². The largest absolute Gasteiger partial charge is 0.375 e. The second-order valence-corrected chi connectivity index (χ2v) is 2.84. The van der Waals surface area contributed by atoms with Gasteiger partial charge >= 0.3 is 0 Å². The van der Waals surface area contributed by atoms with Crippen LogP contribution in [0.5, 0.6) is 0 Å².